The average molecular weight is 312 g/mol. The van der Waals surface area contributed by atoms with E-state index in [2.05, 4.69) is 74.9 Å². The van der Waals surface area contributed by atoms with Crippen LogP contribution in [0.15, 0.2) is 16.6 Å². The van der Waals surface area contributed by atoms with Crippen molar-refractivity contribution in [2.45, 2.75) is 54.0 Å². The molecule has 0 fully saturated rings. The second-order valence-corrected chi connectivity index (χ2v) is 7.19. The van der Waals surface area contributed by atoms with E-state index in [4.69, 9.17) is 0 Å². The number of hydrogen-bond donors (Lipinski definition) is 1. The Bertz CT molecular complexity index is 404. The van der Waals surface area contributed by atoms with E-state index in [0.29, 0.717) is 11.5 Å². The van der Waals surface area contributed by atoms with Crippen molar-refractivity contribution in [1.29, 1.82) is 0 Å². The molecule has 1 unspecified atom stereocenters. The Hall–Kier alpha value is -0.340. The number of hydrogen-bond acceptors (Lipinski definition) is 1. The molecule has 0 spiro atoms. The minimum Gasteiger partial charge on any atom is -0.310 e. The molecule has 0 aliphatic carbocycles. The van der Waals surface area contributed by atoms with Crippen LogP contribution < -0.4 is 5.32 Å². The molecule has 1 nitrogen and oxygen atoms in total. The van der Waals surface area contributed by atoms with Crippen LogP contribution in [0.5, 0.6) is 0 Å². The molecule has 18 heavy (non-hydrogen) atoms. The third kappa shape index (κ3) is 4.40. The van der Waals surface area contributed by atoms with Crippen molar-refractivity contribution in [2.24, 2.45) is 5.41 Å². The first kappa shape index (κ1) is 15.7. The maximum absolute atomic E-state index is 3.63. The zero-order valence-corrected chi connectivity index (χ0v) is 14.1. The SMILES string of the molecule is CCNC(CC(C)(C)C)c1cc(C)c(Br)cc1C. The molecule has 1 atom stereocenters. The average Bonchev–Trinajstić information content (AvgIpc) is 2.21. The topological polar surface area (TPSA) is 12.0 Å². The largest absolute Gasteiger partial charge is 0.310 e. The van der Waals surface area contributed by atoms with Gasteiger partial charge in [-0.3, -0.25) is 0 Å². The Morgan fingerprint density at radius 1 is 1.17 bits per heavy atom. The molecule has 0 aromatic heterocycles. The van der Waals surface area contributed by atoms with Crippen LogP contribution in [0.1, 0.15) is 56.8 Å². The van der Waals surface area contributed by atoms with Gasteiger partial charge in [0.1, 0.15) is 0 Å². The highest BCUT2D eigenvalue weighted by atomic mass is 79.9. The monoisotopic (exact) mass is 311 g/mol. The lowest BCUT2D eigenvalue weighted by Crippen LogP contribution is -2.26. The zero-order chi connectivity index (χ0) is 13.9. The fourth-order valence-corrected chi connectivity index (χ4v) is 2.79. The van der Waals surface area contributed by atoms with Crippen LogP contribution in [0, 0.1) is 19.3 Å². The van der Waals surface area contributed by atoms with E-state index in [9.17, 15) is 0 Å². The van der Waals surface area contributed by atoms with E-state index in [1.165, 1.54) is 21.2 Å². The van der Waals surface area contributed by atoms with Crippen molar-refractivity contribution < 1.29 is 0 Å². The summed E-state index contributed by atoms with van der Waals surface area (Å²) in [5, 5.41) is 3.63. The minimum atomic E-state index is 0.334. The lowest BCUT2D eigenvalue weighted by atomic mass is 9.84. The highest BCUT2D eigenvalue weighted by Gasteiger charge is 2.21. The van der Waals surface area contributed by atoms with Crippen LogP contribution >= 0.6 is 15.9 Å². The van der Waals surface area contributed by atoms with Crippen molar-refractivity contribution in [3.63, 3.8) is 0 Å². The zero-order valence-electron chi connectivity index (χ0n) is 12.5. The summed E-state index contributed by atoms with van der Waals surface area (Å²) < 4.78 is 1.20. The van der Waals surface area contributed by atoms with E-state index in [-0.39, 0.29) is 0 Å². The molecule has 1 aromatic rings. The lowest BCUT2D eigenvalue weighted by molar-refractivity contribution is 0.313. The third-order valence-corrected chi connectivity index (χ3v) is 4.04. The maximum Gasteiger partial charge on any atom is 0.0327 e. The summed E-state index contributed by atoms with van der Waals surface area (Å²) in [4.78, 5) is 0. The summed E-state index contributed by atoms with van der Waals surface area (Å²) in [5.74, 6) is 0. The summed E-state index contributed by atoms with van der Waals surface area (Å²) in [6.07, 6.45) is 1.16. The highest BCUT2D eigenvalue weighted by Crippen LogP contribution is 2.33. The number of halogens is 1. The summed E-state index contributed by atoms with van der Waals surface area (Å²) in [6.45, 7) is 14.5. The molecule has 2 heteroatoms. The molecule has 0 aliphatic rings. The summed E-state index contributed by atoms with van der Waals surface area (Å²) in [7, 11) is 0. The lowest BCUT2D eigenvalue weighted by Gasteiger charge is -2.28. The molecular weight excluding hydrogens is 286 g/mol. The molecule has 0 amide bonds. The normalized spacial score (nSPS) is 13.7. The molecule has 1 rings (SSSR count). The predicted molar refractivity (Wildman–Crippen MR) is 84.1 cm³/mol. The molecule has 0 heterocycles. The second-order valence-electron chi connectivity index (χ2n) is 6.33. The smallest absolute Gasteiger partial charge is 0.0327 e. The quantitative estimate of drug-likeness (QED) is 0.810. The van der Waals surface area contributed by atoms with Gasteiger partial charge in [0, 0.05) is 10.5 Å². The number of rotatable bonds is 4. The van der Waals surface area contributed by atoms with Gasteiger partial charge in [0.25, 0.3) is 0 Å². The summed E-state index contributed by atoms with van der Waals surface area (Å²) in [6, 6.07) is 5.00. The van der Waals surface area contributed by atoms with Gasteiger partial charge in [-0.15, -0.1) is 0 Å². The van der Waals surface area contributed by atoms with E-state index < -0.39 is 0 Å². The van der Waals surface area contributed by atoms with Gasteiger partial charge in [-0.2, -0.15) is 0 Å². The van der Waals surface area contributed by atoms with E-state index in [0.717, 1.165) is 13.0 Å². The van der Waals surface area contributed by atoms with Crippen molar-refractivity contribution in [1.82, 2.24) is 5.32 Å². The summed E-state index contributed by atoms with van der Waals surface area (Å²) in [5.41, 5.74) is 4.45. The summed E-state index contributed by atoms with van der Waals surface area (Å²) >= 11 is 3.61. The Balaban J connectivity index is 3.09. The Labute approximate surface area is 120 Å². The van der Waals surface area contributed by atoms with Gasteiger partial charge >= 0.3 is 0 Å². The second kappa shape index (κ2) is 6.21. The van der Waals surface area contributed by atoms with E-state index in [1.54, 1.807) is 0 Å². The number of benzene rings is 1. The molecule has 0 aliphatic heterocycles. The van der Waals surface area contributed by atoms with Gasteiger partial charge in [0.05, 0.1) is 0 Å². The molecule has 0 saturated carbocycles. The van der Waals surface area contributed by atoms with E-state index >= 15 is 0 Å². The van der Waals surface area contributed by atoms with Crippen LogP contribution in [-0.4, -0.2) is 6.54 Å². The first-order valence-corrected chi connectivity index (χ1v) is 7.54. The van der Waals surface area contributed by atoms with Crippen molar-refractivity contribution in [3.05, 3.63) is 33.3 Å². The van der Waals surface area contributed by atoms with Gasteiger partial charge in [-0.1, -0.05) is 49.7 Å². The first-order valence-electron chi connectivity index (χ1n) is 6.74. The first-order chi connectivity index (χ1) is 8.24. The van der Waals surface area contributed by atoms with Crippen molar-refractivity contribution in [2.75, 3.05) is 6.54 Å². The minimum absolute atomic E-state index is 0.334. The van der Waals surface area contributed by atoms with Gasteiger partial charge in [0.2, 0.25) is 0 Å². The van der Waals surface area contributed by atoms with Crippen LogP contribution in [0.2, 0.25) is 0 Å². The Kier molecular flexibility index (Phi) is 5.42. The fraction of sp³-hybridized carbons (Fsp3) is 0.625. The fourth-order valence-electron chi connectivity index (χ4n) is 2.33. The molecular formula is C16H26BrN. The van der Waals surface area contributed by atoms with E-state index in [1.807, 2.05) is 0 Å². The van der Waals surface area contributed by atoms with Crippen LogP contribution in [0.4, 0.5) is 0 Å². The standard InChI is InChI=1S/C16H26BrN/c1-7-18-15(10-16(4,5)6)13-8-12(3)14(17)9-11(13)2/h8-9,15,18H,7,10H2,1-6H3. The van der Waals surface area contributed by atoms with Crippen LogP contribution in [0.3, 0.4) is 0 Å². The van der Waals surface area contributed by atoms with Crippen molar-refractivity contribution >= 4 is 15.9 Å². The van der Waals surface area contributed by atoms with Gasteiger partial charge in [-0.25, -0.2) is 0 Å². The Morgan fingerprint density at radius 3 is 2.28 bits per heavy atom. The van der Waals surface area contributed by atoms with Crippen molar-refractivity contribution in [3.8, 4) is 0 Å². The molecule has 0 radical (unpaired) electrons. The maximum atomic E-state index is 3.63. The molecule has 102 valence electrons. The third-order valence-electron chi connectivity index (χ3n) is 3.19. The van der Waals surface area contributed by atoms with Gasteiger partial charge in [-0.05, 0) is 55.0 Å². The molecule has 0 bridgehead atoms. The molecule has 1 N–H and O–H groups in total. The highest BCUT2D eigenvalue weighted by molar-refractivity contribution is 9.10. The van der Waals surface area contributed by atoms with Gasteiger partial charge < -0.3 is 5.32 Å². The molecule has 0 saturated heterocycles. The number of nitrogens with one attached hydrogen (secondary N) is 1. The van der Waals surface area contributed by atoms with Crippen LogP contribution in [-0.2, 0) is 0 Å². The predicted octanol–water partition coefficient (Wildman–Crippen LogP) is 5.15. The molecule has 1 aromatic carbocycles. The van der Waals surface area contributed by atoms with Gasteiger partial charge in [0.15, 0.2) is 0 Å². The van der Waals surface area contributed by atoms with Crippen LogP contribution in [0.25, 0.3) is 0 Å². The Morgan fingerprint density at radius 2 is 1.78 bits per heavy atom. The number of aryl methyl sites for hydroxylation is 2.